The third-order valence-corrected chi connectivity index (χ3v) is 5.05. The van der Waals surface area contributed by atoms with E-state index in [9.17, 15) is 14.9 Å². The molecule has 1 N–H and O–H groups in total. The number of nitrogens with zero attached hydrogens (tertiary/aromatic N) is 2. The summed E-state index contributed by atoms with van der Waals surface area (Å²) in [6, 6.07) is 12.0. The van der Waals surface area contributed by atoms with Gasteiger partial charge in [-0.05, 0) is 18.2 Å². The van der Waals surface area contributed by atoms with Crippen LogP contribution in [-0.2, 0) is 4.74 Å². The van der Waals surface area contributed by atoms with Crippen LogP contribution in [0.4, 0.5) is 11.4 Å². The predicted octanol–water partition coefficient (Wildman–Crippen LogP) is 2.69. The third kappa shape index (κ3) is 3.63. The normalized spacial score (nSPS) is 18.7. The van der Waals surface area contributed by atoms with Gasteiger partial charge in [-0.1, -0.05) is 18.2 Å². The molecule has 2 aliphatic heterocycles. The van der Waals surface area contributed by atoms with Crippen LogP contribution in [0.25, 0.3) is 0 Å². The van der Waals surface area contributed by atoms with Crippen LogP contribution in [0, 0.1) is 10.1 Å². The summed E-state index contributed by atoms with van der Waals surface area (Å²) in [7, 11) is 0. The zero-order valence-corrected chi connectivity index (χ0v) is 15.3. The van der Waals surface area contributed by atoms with Gasteiger partial charge in [0.15, 0.2) is 0 Å². The fourth-order valence-corrected chi connectivity index (χ4v) is 3.62. The van der Waals surface area contributed by atoms with Crippen LogP contribution in [0.1, 0.15) is 28.4 Å². The molecule has 2 aromatic carbocycles. The van der Waals surface area contributed by atoms with Gasteiger partial charge in [0.25, 0.3) is 11.6 Å². The van der Waals surface area contributed by atoms with Crippen molar-refractivity contribution < 1.29 is 19.2 Å². The number of benzene rings is 2. The van der Waals surface area contributed by atoms with E-state index in [1.807, 2.05) is 29.2 Å². The summed E-state index contributed by atoms with van der Waals surface area (Å²) in [6.07, 6.45) is 0.650. The number of hydrogen-bond acceptors (Lipinski definition) is 6. The molecular formula is C20H21N3O5. The molecule has 1 fully saturated rings. The maximum atomic E-state index is 12.8. The van der Waals surface area contributed by atoms with E-state index >= 15 is 0 Å². The molecule has 1 amide bonds. The summed E-state index contributed by atoms with van der Waals surface area (Å²) in [5.41, 5.74) is 1.64. The Hall–Kier alpha value is -3.13. The fraction of sp³-hybridized carbons (Fsp3) is 0.350. The summed E-state index contributed by atoms with van der Waals surface area (Å²) < 4.78 is 10.9. The van der Waals surface area contributed by atoms with E-state index in [2.05, 4.69) is 5.32 Å². The SMILES string of the molecule is O=C(NC1CCOc2ccccc21)c1ccc(N2CCOCC2)c([N+](=O)[O-])c1. The lowest BCUT2D eigenvalue weighted by atomic mass is 10.00. The number of nitro benzene ring substituents is 1. The van der Waals surface area contributed by atoms with Gasteiger partial charge in [-0.25, -0.2) is 0 Å². The molecule has 8 nitrogen and oxygen atoms in total. The van der Waals surface area contributed by atoms with Crippen LogP contribution in [0.3, 0.4) is 0 Å². The second-order valence-corrected chi connectivity index (χ2v) is 6.76. The smallest absolute Gasteiger partial charge is 0.293 e. The first-order valence-electron chi connectivity index (χ1n) is 9.27. The predicted molar refractivity (Wildman–Crippen MR) is 103 cm³/mol. The highest BCUT2D eigenvalue weighted by atomic mass is 16.6. The summed E-state index contributed by atoms with van der Waals surface area (Å²) >= 11 is 0. The number of anilines is 1. The molecule has 146 valence electrons. The molecule has 1 unspecified atom stereocenters. The van der Waals surface area contributed by atoms with Crippen molar-refractivity contribution in [2.75, 3.05) is 37.8 Å². The van der Waals surface area contributed by atoms with Crippen LogP contribution in [0.15, 0.2) is 42.5 Å². The van der Waals surface area contributed by atoms with Crippen molar-refractivity contribution in [3.8, 4) is 5.75 Å². The first kappa shape index (κ1) is 18.2. The highest BCUT2D eigenvalue weighted by Crippen LogP contribution is 2.33. The second-order valence-electron chi connectivity index (χ2n) is 6.76. The quantitative estimate of drug-likeness (QED) is 0.644. The summed E-state index contributed by atoms with van der Waals surface area (Å²) in [6.45, 7) is 2.75. The maximum absolute atomic E-state index is 12.8. The van der Waals surface area contributed by atoms with Crippen molar-refractivity contribution in [2.24, 2.45) is 0 Å². The summed E-state index contributed by atoms with van der Waals surface area (Å²) in [4.78, 5) is 25.8. The van der Waals surface area contributed by atoms with Gasteiger partial charge >= 0.3 is 0 Å². The van der Waals surface area contributed by atoms with Gasteiger partial charge in [0, 0.05) is 36.7 Å². The number of nitro groups is 1. The Morgan fingerprint density at radius 1 is 1.14 bits per heavy atom. The molecule has 4 rings (SSSR count). The molecule has 2 heterocycles. The molecule has 0 bridgehead atoms. The molecule has 0 radical (unpaired) electrons. The van der Waals surface area contributed by atoms with E-state index in [4.69, 9.17) is 9.47 Å². The van der Waals surface area contributed by atoms with E-state index in [0.29, 0.717) is 45.0 Å². The average molecular weight is 383 g/mol. The molecule has 8 heteroatoms. The average Bonchev–Trinajstić information content (AvgIpc) is 2.74. The Bertz CT molecular complexity index is 895. The van der Waals surface area contributed by atoms with Crippen LogP contribution in [0.5, 0.6) is 5.75 Å². The Balaban J connectivity index is 1.56. The molecule has 28 heavy (non-hydrogen) atoms. The van der Waals surface area contributed by atoms with Gasteiger partial charge in [0.05, 0.1) is 30.8 Å². The monoisotopic (exact) mass is 383 g/mol. The third-order valence-electron chi connectivity index (χ3n) is 5.05. The van der Waals surface area contributed by atoms with Crippen molar-refractivity contribution in [1.29, 1.82) is 0 Å². The van der Waals surface area contributed by atoms with E-state index in [1.165, 1.54) is 6.07 Å². The lowest BCUT2D eigenvalue weighted by molar-refractivity contribution is -0.384. The van der Waals surface area contributed by atoms with Crippen molar-refractivity contribution in [3.05, 3.63) is 63.7 Å². The van der Waals surface area contributed by atoms with Crippen molar-refractivity contribution in [3.63, 3.8) is 0 Å². The zero-order valence-electron chi connectivity index (χ0n) is 15.3. The fourth-order valence-electron chi connectivity index (χ4n) is 3.62. The zero-order chi connectivity index (χ0) is 19.5. The van der Waals surface area contributed by atoms with Crippen LogP contribution < -0.4 is 15.0 Å². The molecule has 1 atom stereocenters. The number of fused-ring (bicyclic) bond motifs is 1. The number of carbonyl (C=O) groups excluding carboxylic acids is 1. The standard InChI is InChI=1S/C20H21N3O5/c24-20(21-16-7-10-28-19-4-2-1-3-15(16)19)14-5-6-17(18(13-14)23(25)26)22-8-11-27-12-9-22/h1-6,13,16H,7-12H2,(H,21,24). The number of ether oxygens (including phenoxy) is 2. The summed E-state index contributed by atoms with van der Waals surface area (Å²) in [5.74, 6) is 0.422. The van der Waals surface area contributed by atoms with Crippen molar-refractivity contribution in [2.45, 2.75) is 12.5 Å². The van der Waals surface area contributed by atoms with Crippen LogP contribution in [-0.4, -0.2) is 43.7 Å². The molecule has 0 aromatic heterocycles. The highest BCUT2D eigenvalue weighted by molar-refractivity contribution is 5.96. The molecule has 1 saturated heterocycles. The van der Waals surface area contributed by atoms with Crippen LogP contribution >= 0.6 is 0 Å². The van der Waals surface area contributed by atoms with Gasteiger partial charge in [0.1, 0.15) is 11.4 Å². The Morgan fingerprint density at radius 3 is 2.71 bits per heavy atom. The van der Waals surface area contributed by atoms with E-state index in [1.54, 1.807) is 12.1 Å². The highest BCUT2D eigenvalue weighted by Gasteiger charge is 2.26. The number of carbonyl (C=O) groups is 1. The molecule has 0 spiro atoms. The van der Waals surface area contributed by atoms with Crippen LogP contribution in [0.2, 0.25) is 0 Å². The topological polar surface area (TPSA) is 93.9 Å². The largest absolute Gasteiger partial charge is 0.493 e. The lowest BCUT2D eigenvalue weighted by Gasteiger charge is -2.28. The van der Waals surface area contributed by atoms with Gasteiger partial charge in [-0.15, -0.1) is 0 Å². The molecule has 2 aromatic rings. The number of rotatable bonds is 4. The maximum Gasteiger partial charge on any atom is 0.293 e. The Morgan fingerprint density at radius 2 is 1.93 bits per heavy atom. The minimum absolute atomic E-state index is 0.0677. The first-order chi connectivity index (χ1) is 13.6. The Labute approximate surface area is 162 Å². The van der Waals surface area contributed by atoms with Crippen molar-refractivity contribution in [1.82, 2.24) is 5.32 Å². The van der Waals surface area contributed by atoms with E-state index in [-0.39, 0.29) is 23.2 Å². The van der Waals surface area contributed by atoms with Gasteiger partial charge in [0.2, 0.25) is 0 Å². The number of para-hydroxylation sites is 1. The van der Waals surface area contributed by atoms with Gasteiger partial charge in [-0.3, -0.25) is 14.9 Å². The summed E-state index contributed by atoms with van der Waals surface area (Å²) in [5, 5.41) is 14.6. The van der Waals surface area contributed by atoms with E-state index < -0.39 is 4.92 Å². The number of morpholine rings is 1. The second kappa shape index (κ2) is 7.85. The number of amides is 1. The first-order valence-corrected chi connectivity index (χ1v) is 9.27. The number of hydrogen-bond donors (Lipinski definition) is 1. The molecule has 0 aliphatic carbocycles. The van der Waals surface area contributed by atoms with E-state index in [0.717, 1.165) is 11.3 Å². The number of nitrogens with one attached hydrogen (secondary N) is 1. The molecule has 2 aliphatic rings. The molecule has 0 saturated carbocycles. The minimum atomic E-state index is -0.439. The molecular weight excluding hydrogens is 362 g/mol. The minimum Gasteiger partial charge on any atom is -0.493 e. The Kier molecular flexibility index (Phi) is 5.12. The van der Waals surface area contributed by atoms with Crippen molar-refractivity contribution >= 4 is 17.3 Å². The van der Waals surface area contributed by atoms with Gasteiger partial charge in [-0.2, -0.15) is 0 Å². The lowest BCUT2D eigenvalue weighted by Crippen LogP contribution is -2.36. The van der Waals surface area contributed by atoms with Gasteiger partial charge < -0.3 is 19.7 Å².